The van der Waals surface area contributed by atoms with Gasteiger partial charge in [-0.15, -0.1) is 0 Å². The van der Waals surface area contributed by atoms with Gasteiger partial charge in [0.15, 0.2) is 5.82 Å². The Balaban J connectivity index is 2.00. The average molecular weight is 230 g/mol. The van der Waals surface area contributed by atoms with E-state index in [1.165, 1.54) is 12.8 Å². The van der Waals surface area contributed by atoms with E-state index in [0.29, 0.717) is 11.9 Å². The van der Waals surface area contributed by atoms with Crippen molar-refractivity contribution in [2.75, 3.05) is 5.43 Å². The summed E-state index contributed by atoms with van der Waals surface area (Å²) in [5, 5.41) is 4.54. The van der Waals surface area contributed by atoms with E-state index in [1.54, 1.807) is 10.9 Å². The molecule has 3 N–H and O–H groups in total. The van der Waals surface area contributed by atoms with Crippen LogP contribution in [0.25, 0.3) is 5.82 Å². The Morgan fingerprint density at radius 3 is 3.00 bits per heavy atom. The highest BCUT2D eigenvalue weighted by molar-refractivity contribution is 5.37. The molecular weight excluding hydrogens is 216 g/mol. The highest BCUT2D eigenvalue weighted by Gasteiger charge is 2.26. The number of hydrazine groups is 1. The summed E-state index contributed by atoms with van der Waals surface area (Å²) in [5.41, 5.74) is 4.55. The number of nitrogen functional groups attached to an aromatic ring is 1. The van der Waals surface area contributed by atoms with Crippen molar-refractivity contribution in [3.05, 3.63) is 29.7 Å². The van der Waals surface area contributed by atoms with Crippen LogP contribution in [0.4, 0.5) is 5.95 Å². The van der Waals surface area contributed by atoms with Gasteiger partial charge >= 0.3 is 0 Å². The molecule has 0 bridgehead atoms. The summed E-state index contributed by atoms with van der Waals surface area (Å²) in [7, 11) is 0. The molecule has 0 spiro atoms. The number of nitrogens with two attached hydrogens (primary N) is 1. The number of nitrogens with one attached hydrogen (secondary N) is 1. The zero-order chi connectivity index (χ0) is 11.8. The molecule has 0 amide bonds. The number of nitrogens with zero attached hydrogens (tertiary/aromatic N) is 4. The van der Waals surface area contributed by atoms with Crippen LogP contribution >= 0.6 is 0 Å². The Hall–Kier alpha value is -1.95. The maximum atomic E-state index is 5.31. The van der Waals surface area contributed by atoms with E-state index in [9.17, 15) is 0 Å². The lowest BCUT2D eigenvalue weighted by atomic mass is 10.3. The molecule has 1 aliphatic carbocycles. The van der Waals surface area contributed by atoms with Crippen LogP contribution in [0.15, 0.2) is 18.5 Å². The van der Waals surface area contributed by atoms with Crippen molar-refractivity contribution >= 4 is 5.95 Å². The molecular formula is C11H14N6. The van der Waals surface area contributed by atoms with Crippen LogP contribution in [0, 0.1) is 6.92 Å². The summed E-state index contributed by atoms with van der Waals surface area (Å²) in [6.07, 6.45) is 6.16. The lowest BCUT2D eigenvalue weighted by molar-refractivity contribution is 0.800. The fraction of sp³-hybridized carbons (Fsp3) is 0.364. The second-order valence-corrected chi connectivity index (χ2v) is 4.30. The largest absolute Gasteiger partial charge is 0.292 e. The number of rotatable bonds is 3. The van der Waals surface area contributed by atoms with Crippen LogP contribution in [0.5, 0.6) is 0 Å². The quantitative estimate of drug-likeness (QED) is 0.610. The molecule has 6 heteroatoms. The van der Waals surface area contributed by atoms with E-state index >= 15 is 0 Å². The van der Waals surface area contributed by atoms with Gasteiger partial charge in [-0.1, -0.05) is 0 Å². The van der Waals surface area contributed by atoms with Gasteiger partial charge in [-0.3, -0.25) is 5.43 Å². The zero-order valence-electron chi connectivity index (χ0n) is 9.59. The van der Waals surface area contributed by atoms with Crippen molar-refractivity contribution in [3.8, 4) is 5.82 Å². The summed E-state index contributed by atoms with van der Waals surface area (Å²) < 4.78 is 1.78. The van der Waals surface area contributed by atoms with Crippen LogP contribution in [0.1, 0.15) is 30.0 Å². The maximum Gasteiger partial charge on any atom is 0.239 e. The molecule has 1 saturated carbocycles. The molecule has 2 heterocycles. The molecule has 2 aromatic heterocycles. The summed E-state index contributed by atoms with van der Waals surface area (Å²) in [6.45, 7) is 1.95. The first-order valence-electron chi connectivity index (χ1n) is 5.64. The molecule has 0 unspecified atom stereocenters. The van der Waals surface area contributed by atoms with Crippen LogP contribution in [-0.2, 0) is 0 Å². The topological polar surface area (TPSA) is 81.6 Å². The third kappa shape index (κ3) is 1.87. The standard InChI is InChI=1S/C11H14N6/c1-7-6-13-11(15-12)14-10(7)17-5-4-9(16-17)8-2-3-8/h4-6,8H,2-3,12H2,1H3,(H,13,14,15). The molecule has 0 radical (unpaired) electrons. The van der Waals surface area contributed by atoms with Gasteiger partial charge in [-0.25, -0.2) is 15.5 Å². The number of aryl methyl sites for hydroxylation is 1. The Morgan fingerprint density at radius 2 is 2.29 bits per heavy atom. The van der Waals surface area contributed by atoms with E-state index in [4.69, 9.17) is 5.84 Å². The average Bonchev–Trinajstić information content (AvgIpc) is 3.09. The number of hydrogen-bond acceptors (Lipinski definition) is 5. The van der Waals surface area contributed by atoms with E-state index in [2.05, 4.69) is 26.6 Å². The monoisotopic (exact) mass is 230 g/mol. The second kappa shape index (κ2) is 3.81. The molecule has 17 heavy (non-hydrogen) atoms. The maximum absolute atomic E-state index is 5.31. The third-order valence-corrected chi connectivity index (χ3v) is 2.90. The van der Waals surface area contributed by atoms with Gasteiger partial charge in [0.05, 0.1) is 5.69 Å². The Morgan fingerprint density at radius 1 is 1.47 bits per heavy atom. The minimum Gasteiger partial charge on any atom is -0.292 e. The molecule has 0 saturated heterocycles. The highest BCUT2D eigenvalue weighted by Crippen LogP contribution is 2.39. The normalized spacial score (nSPS) is 14.9. The Bertz CT molecular complexity index is 543. The predicted molar refractivity (Wildman–Crippen MR) is 63.7 cm³/mol. The van der Waals surface area contributed by atoms with Gasteiger partial charge in [-0.05, 0) is 25.8 Å². The van der Waals surface area contributed by atoms with Gasteiger partial charge in [0, 0.05) is 23.9 Å². The summed E-state index contributed by atoms with van der Waals surface area (Å²) in [5.74, 6) is 7.11. The predicted octanol–water partition coefficient (Wildman–Crippen LogP) is 1.13. The van der Waals surface area contributed by atoms with Crippen LogP contribution < -0.4 is 11.3 Å². The lowest BCUT2D eigenvalue weighted by Crippen LogP contribution is -2.13. The molecule has 2 aromatic rings. The van der Waals surface area contributed by atoms with Crippen molar-refractivity contribution < 1.29 is 0 Å². The molecule has 1 aliphatic rings. The molecule has 0 aromatic carbocycles. The highest BCUT2D eigenvalue weighted by atomic mass is 15.4. The minimum atomic E-state index is 0.397. The Kier molecular flexibility index (Phi) is 2.29. The molecule has 0 aliphatic heterocycles. The van der Waals surface area contributed by atoms with Crippen molar-refractivity contribution in [2.24, 2.45) is 5.84 Å². The first-order valence-corrected chi connectivity index (χ1v) is 5.64. The SMILES string of the molecule is Cc1cnc(NN)nc1-n1ccc(C2CC2)n1. The Labute approximate surface area is 98.8 Å². The van der Waals surface area contributed by atoms with Crippen molar-refractivity contribution in [2.45, 2.75) is 25.7 Å². The van der Waals surface area contributed by atoms with Gasteiger partial charge in [-0.2, -0.15) is 10.1 Å². The molecule has 3 rings (SSSR count). The van der Waals surface area contributed by atoms with Gasteiger partial charge < -0.3 is 0 Å². The van der Waals surface area contributed by atoms with E-state index in [0.717, 1.165) is 17.1 Å². The fourth-order valence-electron chi connectivity index (χ4n) is 1.79. The number of hydrogen-bond donors (Lipinski definition) is 2. The third-order valence-electron chi connectivity index (χ3n) is 2.90. The molecule has 1 fully saturated rings. The summed E-state index contributed by atoms with van der Waals surface area (Å²) >= 11 is 0. The first kappa shape index (κ1) is 10.2. The zero-order valence-corrected chi connectivity index (χ0v) is 9.59. The molecule has 0 atom stereocenters. The summed E-state index contributed by atoms with van der Waals surface area (Å²) in [6, 6.07) is 2.05. The van der Waals surface area contributed by atoms with E-state index in [1.807, 2.05) is 13.1 Å². The number of anilines is 1. The van der Waals surface area contributed by atoms with Crippen LogP contribution in [0.2, 0.25) is 0 Å². The van der Waals surface area contributed by atoms with Crippen molar-refractivity contribution in [3.63, 3.8) is 0 Å². The molecule has 88 valence electrons. The lowest BCUT2D eigenvalue weighted by Gasteiger charge is -2.06. The summed E-state index contributed by atoms with van der Waals surface area (Å²) in [4.78, 5) is 8.36. The van der Waals surface area contributed by atoms with Crippen molar-refractivity contribution in [1.29, 1.82) is 0 Å². The fourth-order valence-corrected chi connectivity index (χ4v) is 1.79. The van der Waals surface area contributed by atoms with Gasteiger partial charge in [0.25, 0.3) is 0 Å². The van der Waals surface area contributed by atoms with Gasteiger partial charge in [0.2, 0.25) is 5.95 Å². The van der Waals surface area contributed by atoms with Gasteiger partial charge in [0.1, 0.15) is 0 Å². The van der Waals surface area contributed by atoms with Crippen molar-refractivity contribution in [1.82, 2.24) is 19.7 Å². The van der Waals surface area contributed by atoms with Crippen LogP contribution in [-0.4, -0.2) is 19.7 Å². The molecule has 6 nitrogen and oxygen atoms in total. The van der Waals surface area contributed by atoms with E-state index in [-0.39, 0.29) is 0 Å². The minimum absolute atomic E-state index is 0.397. The second-order valence-electron chi connectivity index (χ2n) is 4.30. The first-order chi connectivity index (χ1) is 8.28. The van der Waals surface area contributed by atoms with E-state index < -0.39 is 0 Å². The number of aromatic nitrogens is 4. The smallest absolute Gasteiger partial charge is 0.239 e. The van der Waals surface area contributed by atoms with Crippen LogP contribution in [0.3, 0.4) is 0 Å².